The predicted octanol–water partition coefficient (Wildman–Crippen LogP) is 4.70. The van der Waals surface area contributed by atoms with Crippen LogP contribution in [0.4, 0.5) is 5.69 Å². The van der Waals surface area contributed by atoms with Crippen molar-refractivity contribution in [3.8, 4) is 0 Å². The monoisotopic (exact) mass is 319 g/mol. The molecule has 0 amide bonds. The molecular weight excluding hydrogens is 305 g/mol. The van der Waals surface area contributed by atoms with E-state index < -0.39 is 4.92 Å². The summed E-state index contributed by atoms with van der Waals surface area (Å²) in [5.74, 6) is 0. The molecule has 17 heavy (non-hydrogen) atoms. The van der Waals surface area contributed by atoms with E-state index in [0.29, 0.717) is 0 Å². The van der Waals surface area contributed by atoms with Gasteiger partial charge in [-0.05, 0) is 24.8 Å². The number of hydrogen-bond donors (Lipinski definition) is 0. The Hall–Kier alpha value is -0.610. The van der Waals surface area contributed by atoms with E-state index in [1.54, 1.807) is 12.1 Å². The quantitative estimate of drug-likeness (QED) is 0.433. The summed E-state index contributed by atoms with van der Waals surface area (Å²) in [6, 6.07) is 4.86. The SMILES string of the molecule is CCCC(Cl)CCc1ccc([N+](=O)[O-])cc1Br. The largest absolute Gasteiger partial charge is 0.270 e. The summed E-state index contributed by atoms with van der Waals surface area (Å²) in [6.07, 6.45) is 3.82. The molecule has 0 radical (unpaired) electrons. The molecule has 0 aliphatic rings. The van der Waals surface area contributed by atoms with Gasteiger partial charge in [-0.15, -0.1) is 11.6 Å². The smallest absolute Gasteiger partial charge is 0.258 e. The van der Waals surface area contributed by atoms with Gasteiger partial charge in [-0.1, -0.05) is 35.3 Å². The maximum atomic E-state index is 10.6. The predicted molar refractivity (Wildman–Crippen MR) is 73.7 cm³/mol. The Labute approximate surface area is 114 Å². The number of nitro groups is 1. The van der Waals surface area contributed by atoms with E-state index >= 15 is 0 Å². The van der Waals surface area contributed by atoms with E-state index in [4.69, 9.17) is 11.6 Å². The Morgan fingerprint density at radius 2 is 2.18 bits per heavy atom. The molecule has 0 N–H and O–H groups in total. The summed E-state index contributed by atoms with van der Waals surface area (Å²) in [7, 11) is 0. The number of nitrogens with zero attached hydrogens (tertiary/aromatic N) is 1. The van der Waals surface area contributed by atoms with Crippen LogP contribution in [-0.2, 0) is 6.42 Å². The molecule has 94 valence electrons. The van der Waals surface area contributed by atoms with Crippen LogP contribution in [0.25, 0.3) is 0 Å². The van der Waals surface area contributed by atoms with Gasteiger partial charge in [0.05, 0.1) is 4.92 Å². The third kappa shape index (κ3) is 4.64. The van der Waals surface area contributed by atoms with Crippen LogP contribution in [0.15, 0.2) is 22.7 Å². The molecule has 1 aromatic rings. The van der Waals surface area contributed by atoms with Crippen LogP contribution < -0.4 is 0 Å². The number of benzene rings is 1. The van der Waals surface area contributed by atoms with Crippen molar-refractivity contribution < 1.29 is 4.92 Å². The van der Waals surface area contributed by atoms with Gasteiger partial charge in [0.2, 0.25) is 0 Å². The Bertz CT molecular complexity index is 398. The molecule has 1 aromatic carbocycles. The minimum Gasteiger partial charge on any atom is -0.258 e. The second kappa shape index (κ2) is 6.97. The lowest BCUT2D eigenvalue weighted by atomic mass is 10.1. The lowest BCUT2D eigenvalue weighted by Gasteiger charge is -2.08. The average molecular weight is 321 g/mol. The summed E-state index contributed by atoms with van der Waals surface area (Å²) in [4.78, 5) is 10.2. The first-order valence-corrected chi connectivity index (χ1v) is 6.84. The van der Waals surface area contributed by atoms with Gasteiger partial charge in [0.15, 0.2) is 0 Å². The van der Waals surface area contributed by atoms with Gasteiger partial charge in [0.25, 0.3) is 5.69 Å². The van der Waals surface area contributed by atoms with Crippen molar-refractivity contribution in [3.05, 3.63) is 38.3 Å². The van der Waals surface area contributed by atoms with Crippen molar-refractivity contribution >= 4 is 33.2 Å². The van der Waals surface area contributed by atoms with E-state index in [2.05, 4.69) is 22.9 Å². The maximum Gasteiger partial charge on any atom is 0.270 e. The molecule has 0 spiro atoms. The van der Waals surface area contributed by atoms with E-state index in [1.165, 1.54) is 6.07 Å². The second-order valence-electron chi connectivity index (χ2n) is 3.96. The molecule has 1 rings (SSSR count). The maximum absolute atomic E-state index is 10.6. The fraction of sp³-hybridized carbons (Fsp3) is 0.500. The first-order chi connectivity index (χ1) is 8.04. The summed E-state index contributed by atoms with van der Waals surface area (Å²) in [5, 5.41) is 10.8. The molecule has 0 fully saturated rings. The van der Waals surface area contributed by atoms with Gasteiger partial charge in [-0.25, -0.2) is 0 Å². The van der Waals surface area contributed by atoms with Crippen molar-refractivity contribution in [2.45, 2.75) is 38.0 Å². The average Bonchev–Trinajstić information content (AvgIpc) is 2.27. The van der Waals surface area contributed by atoms with Crippen LogP contribution in [0.2, 0.25) is 0 Å². The van der Waals surface area contributed by atoms with E-state index in [0.717, 1.165) is 35.7 Å². The van der Waals surface area contributed by atoms with E-state index in [9.17, 15) is 10.1 Å². The van der Waals surface area contributed by atoms with Crippen LogP contribution in [0.5, 0.6) is 0 Å². The van der Waals surface area contributed by atoms with E-state index in [1.807, 2.05) is 0 Å². The molecule has 1 unspecified atom stereocenters. The highest BCUT2D eigenvalue weighted by molar-refractivity contribution is 9.10. The molecule has 0 heterocycles. The first kappa shape index (κ1) is 14.5. The van der Waals surface area contributed by atoms with Crippen LogP contribution in [-0.4, -0.2) is 10.3 Å². The zero-order valence-corrected chi connectivity index (χ0v) is 12.0. The molecule has 1 atom stereocenters. The highest BCUT2D eigenvalue weighted by Crippen LogP contribution is 2.25. The van der Waals surface area contributed by atoms with Gasteiger partial charge < -0.3 is 0 Å². The Kier molecular flexibility index (Phi) is 5.92. The van der Waals surface area contributed by atoms with Crippen LogP contribution in [0.3, 0.4) is 0 Å². The molecular formula is C12H15BrClNO2. The zero-order chi connectivity index (χ0) is 12.8. The second-order valence-corrected chi connectivity index (χ2v) is 5.43. The van der Waals surface area contributed by atoms with Crippen molar-refractivity contribution in [2.75, 3.05) is 0 Å². The van der Waals surface area contributed by atoms with Crippen molar-refractivity contribution in [1.82, 2.24) is 0 Å². The molecule has 0 saturated carbocycles. The molecule has 0 bridgehead atoms. The number of aryl methyl sites for hydroxylation is 1. The highest BCUT2D eigenvalue weighted by Gasteiger charge is 2.10. The standard InChI is InChI=1S/C12H15BrClNO2/c1-2-3-10(14)6-4-9-5-7-11(15(16)17)8-12(9)13/h5,7-8,10H,2-4,6H2,1H3. The van der Waals surface area contributed by atoms with Crippen LogP contribution in [0.1, 0.15) is 31.7 Å². The topological polar surface area (TPSA) is 43.1 Å². The highest BCUT2D eigenvalue weighted by atomic mass is 79.9. The summed E-state index contributed by atoms with van der Waals surface area (Å²) < 4.78 is 0.784. The fourth-order valence-electron chi connectivity index (χ4n) is 1.62. The Morgan fingerprint density at radius 1 is 1.47 bits per heavy atom. The van der Waals surface area contributed by atoms with Gasteiger partial charge in [0.1, 0.15) is 0 Å². The summed E-state index contributed by atoms with van der Waals surface area (Å²) in [5.41, 5.74) is 1.17. The molecule has 5 heteroatoms. The third-order valence-corrected chi connectivity index (χ3v) is 3.75. The molecule has 0 aliphatic carbocycles. The normalized spacial score (nSPS) is 12.4. The minimum absolute atomic E-state index is 0.108. The third-order valence-electron chi connectivity index (χ3n) is 2.58. The Balaban J connectivity index is 2.63. The Morgan fingerprint density at radius 3 is 2.71 bits per heavy atom. The van der Waals surface area contributed by atoms with Crippen LogP contribution in [0, 0.1) is 10.1 Å². The van der Waals surface area contributed by atoms with Gasteiger partial charge in [-0.2, -0.15) is 0 Å². The lowest BCUT2D eigenvalue weighted by Crippen LogP contribution is -2.01. The summed E-state index contributed by atoms with van der Waals surface area (Å²) in [6.45, 7) is 2.11. The number of alkyl halides is 1. The lowest BCUT2D eigenvalue weighted by molar-refractivity contribution is -0.384. The zero-order valence-electron chi connectivity index (χ0n) is 9.66. The number of hydrogen-bond acceptors (Lipinski definition) is 2. The number of halogens is 2. The van der Waals surface area contributed by atoms with Crippen LogP contribution >= 0.6 is 27.5 Å². The number of non-ortho nitro benzene ring substituents is 1. The molecule has 0 aliphatic heterocycles. The minimum atomic E-state index is -0.393. The van der Waals surface area contributed by atoms with E-state index in [-0.39, 0.29) is 11.1 Å². The number of rotatable bonds is 6. The van der Waals surface area contributed by atoms with Gasteiger partial charge in [0, 0.05) is 22.0 Å². The summed E-state index contributed by atoms with van der Waals surface area (Å²) >= 11 is 9.50. The van der Waals surface area contributed by atoms with Gasteiger partial charge in [-0.3, -0.25) is 10.1 Å². The first-order valence-electron chi connectivity index (χ1n) is 5.61. The van der Waals surface area contributed by atoms with Crippen molar-refractivity contribution in [3.63, 3.8) is 0 Å². The molecule has 0 saturated heterocycles. The molecule has 3 nitrogen and oxygen atoms in total. The fourth-order valence-corrected chi connectivity index (χ4v) is 2.51. The molecule has 0 aromatic heterocycles. The van der Waals surface area contributed by atoms with Crippen molar-refractivity contribution in [1.29, 1.82) is 0 Å². The van der Waals surface area contributed by atoms with Crippen molar-refractivity contribution in [2.24, 2.45) is 0 Å². The van der Waals surface area contributed by atoms with Gasteiger partial charge >= 0.3 is 0 Å². The number of nitro benzene ring substituents is 1.